The van der Waals surface area contributed by atoms with E-state index >= 15 is 0 Å². The molecule has 1 fully saturated rings. The monoisotopic (exact) mass is 455 g/mol. The smallest absolute Gasteiger partial charge is 0.246 e. The van der Waals surface area contributed by atoms with Gasteiger partial charge in [0.1, 0.15) is 5.65 Å². The molecule has 5 heteroatoms. The Balaban J connectivity index is 1.32. The molecule has 0 spiro atoms. The number of rotatable bonds is 5. The number of carbonyl (C=O) groups is 1. The van der Waals surface area contributed by atoms with Crippen LogP contribution in [0.3, 0.4) is 0 Å². The molecule has 166 valence electrons. The van der Waals surface area contributed by atoms with Crippen molar-refractivity contribution >= 4 is 29.2 Å². The van der Waals surface area contributed by atoms with Gasteiger partial charge < -0.3 is 4.90 Å². The van der Waals surface area contributed by atoms with Crippen molar-refractivity contribution < 1.29 is 4.79 Å². The summed E-state index contributed by atoms with van der Waals surface area (Å²) in [6.45, 7) is 1.59. The number of carbonyl (C=O) groups excluding carboxylic acids is 1. The standard InChI is InChI=1S/C28H26ClN3O/c29-24-11-13-26-30-28(23-9-5-2-6-10-23)25(32(26)20-24)12-14-27(33)31-17-15-22(16-18-31)19-21-7-3-1-4-8-21/h1-14,20,22H,15-19H2. The van der Waals surface area contributed by atoms with Crippen LogP contribution in [-0.2, 0) is 11.2 Å². The lowest BCUT2D eigenvalue weighted by atomic mass is 9.90. The Hall–Kier alpha value is -3.37. The van der Waals surface area contributed by atoms with E-state index in [1.165, 1.54) is 5.56 Å². The highest BCUT2D eigenvalue weighted by atomic mass is 35.5. The zero-order valence-electron chi connectivity index (χ0n) is 18.4. The summed E-state index contributed by atoms with van der Waals surface area (Å²) in [6, 6.07) is 24.4. The first-order chi connectivity index (χ1) is 16.2. The van der Waals surface area contributed by atoms with Gasteiger partial charge in [0.05, 0.1) is 16.4 Å². The third kappa shape index (κ3) is 4.86. The number of benzene rings is 2. The number of likely N-dealkylation sites (tertiary alicyclic amines) is 1. The van der Waals surface area contributed by atoms with Gasteiger partial charge >= 0.3 is 0 Å². The summed E-state index contributed by atoms with van der Waals surface area (Å²) in [6.07, 6.45) is 8.55. The fourth-order valence-electron chi connectivity index (χ4n) is 4.57. The fraction of sp³-hybridized carbons (Fsp3) is 0.214. The van der Waals surface area contributed by atoms with Crippen molar-refractivity contribution in [3.8, 4) is 11.3 Å². The molecule has 33 heavy (non-hydrogen) atoms. The first kappa shape index (κ1) is 21.5. The molecule has 3 heterocycles. The number of halogens is 1. The molecule has 0 N–H and O–H groups in total. The molecule has 1 aliphatic rings. The van der Waals surface area contributed by atoms with E-state index in [-0.39, 0.29) is 5.91 Å². The third-order valence-corrected chi connectivity index (χ3v) is 6.57. The zero-order chi connectivity index (χ0) is 22.6. The highest BCUT2D eigenvalue weighted by Gasteiger charge is 2.22. The third-order valence-electron chi connectivity index (χ3n) is 6.34. The lowest BCUT2D eigenvalue weighted by Crippen LogP contribution is -2.37. The summed E-state index contributed by atoms with van der Waals surface area (Å²) in [5, 5.41) is 0.626. The molecule has 5 rings (SSSR count). The first-order valence-corrected chi connectivity index (χ1v) is 11.8. The van der Waals surface area contributed by atoms with Gasteiger partial charge in [-0.05, 0) is 49.0 Å². The quantitative estimate of drug-likeness (QED) is 0.338. The molecule has 0 aliphatic carbocycles. The van der Waals surface area contributed by atoms with Crippen LogP contribution in [0.2, 0.25) is 5.02 Å². The molecule has 4 aromatic rings. The highest BCUT2D eigenvalue weighted by molar-refractivity contribution is 6.30. The second-order valence-electron chi connectivity index (χ2n) is 8.58. The molecule has 0 atom stereocenters. The van der Waals surface area contributed by atoms with Gasteiger partial charge in [0.25, 0.3) is 0 Å². The van der Waals surface area contributed by atoms with Gasteiger partial charge in [0.15, 0.2) is 0 Å². The minimum absolute atomic E-state index is 0.0455. The number of nitrogens with zero attached hydrogens (tertiary/aromatic N) is 3. The van der Waals surface area contributed by atoms with E-state index in [0.717, 1.165) is 55.0 Å². The van der Waals surface area contributed by atoms with Crippen molar-refractivity contribution in [2.75, 3.05) is 13.1 Å². The van der Waals surface area contributed by atoms with E-state index < -0.39 is 0 Å². The van der Waals surface area contributed by atoms with Crippen LogP contribution in [-0.4, -0.2) is 33.3 Å². The second kappa shape index (κ2) is 9.63. The number of imidazole rings is 1. The predicted molar refractivity (Wildman–Crippen MR) is 134 cm³/mol. The van der Waals surface area contributed by atoms with Crippen molar-refractivity contribution in [2.24, 2.45) is 5.92 Å². The van der Waals surface area contributed by atoms with Crippen molar-refractivity contribution in [3.63, 3.8) is 0 Å². The Labute approximate surface area is 199 Å². The molecule has 0 bridgehead atoms. The Kier molecular flexibility index (Phi) is 6.27. The van der Waals surface area contributed by atoms with Crippen LogP contribution in [0.4, 0.5) is 0 Å². The average Bonchev–Trinajstić information content (AvgIpc) is 3.22. The van der Waals surface area contributed by atoms with Crippen LogP contribution in [0.15, 0.2) is 85.1 Å². The van der Waals surface area contributed by atoms with Crippen LogP contribution in [0.25, 0.3) is 23.0 Å². The first-order valence-electron chi connectivity index (χ1n) is 11.4. The van der Waals surface area contributed by atoms with Gasteiger partial charge in [0.2, 0.25) is 5.91 Å². The average molecular weight is 456 g/mol. The Morgan fingerprint density at radius 1 is 0.970 bits per heavy atom. The number of pyridine rings is 1. The number of piperidine rings is 1. The Morgan fingerprint density at radius 3 is 2.39 bits per heavy atom. The summed E-state index contributed by atoms with van der Waals surface area (Å²) in [7, 11) is 0. The van der Waals surface area contributed by atoms with Crippen LogP contribution in [0.5, 0.6) is 0 Å². The number of hydrogen-bond donors (Lipinski definition) is 0. The van der Waals surface area contributed by atoms with E-state index in [1.54, 1.807) is 6.08 Å². The molecular formula is C28H26ClN3O. The molecule has 0 unspecified atom stereocenters. The van der Waals surface area contributed by atoms with E-state index in [0.29, 0.717) is 10.9 Å². The van der Waals surface area contributed by atoms with Crippen LogP contribution >= 0.6 is 11.6 Å². The molecule has 2 aromatic heterocycles. The normalized spacial score (nSPS) is 14.9. The van der Waals surface area contributed by atoms with Crippen LogP contribution in [0, 0.1) is 5.92 Å². The molecule has 1 saturated heterocycles. The van der Waals surface area contributed by atoms with Crippen molar-refractivity contribution in [1.82, 2.24) is 14.3 Å². The lowest BCUT2D eigenvalue weighted by Gasteiger charge is -2.31. The lowest BCUT2D eigenvalue weighted by molar-refractivity contribution is -0.127. The molecule has 1 amide bonds. The van der Waals surface area contributed by atoms with Gasteiger partial charge in [-0.25, -0.2) is 4.98 Å². The summed E-state index contributed by atoms with van der Waals surface area (Å²) < 4.78 is 1.94. The molecular weight excluding hydrogens is 430 g/mol. The fourth-order valence-corrected chi connectivity index (χ4v) is 4.73. The van der Waals surface area contributed by atoms with Crippen LogP contribution < -0.4 is 0 Å². The second-order valence-corrected chi connectivity index (χ2v) is 9.02. The largest absolute Gasteiger partial charge is 0.339 e. The summed E-state index contributed by atoms with van der Waals surface area (Å²) >= 11 is 6.25. The molecule has 0 saturated carbocycles. The zero-order valence-corrected chi connectivity index (χ0v) is 19.2. The number of aromatic nitrogens is 2. The topological polar surface area (TPSA) is 37.6 Å². The number of hydrogen-bond acceptors (Lipinski definition) is 2. The predicted octanol–water partition coefficient (Wildman–Crippen LogP) is 6.15. The van der Waals surface area contributed by atoms with E-state index in [2.05, 4.69) is 30.3 Å². The van der Waals surface area contributed by atoms with Crippen molar-refractivity contribution in [1.29, 1.82) is 0 Å². The minimum Gasteiger partial charge on any atom is -0.339 e. The van der Waals surface area contributed by atoms with Gasteiger partial charge in [-0.1, -0.05) is 72.3 Å². The van der Waals surface area contributed by atoms with E-state index in [1.807, 2.05) is 64.0 Å². The maximum atomic E-state index is 13.0. The minimum atomic E-state index is 0.0455. The Morgan fingerprint density at radius 2 is 1.67 bits per heavy atom. The number of amides is 1. The molecule has 2 aromatic carbocycles. The summed E-state index contributed by atoms with van der Waals surface area (Å²) in [5.74, 6) is 0.676. The molecule has 0 radical (unpaired) electrons. The Bertz CT molecular complexity index is 1270. The van der Waals surface area contributed by atoms with Gasteiger partial charge in [-0.2, -0.15) is 0 Å². The molecule has 1 aliphatic heterocycles. The van der Waals surface area contributed by atoms with E-state index in [4.69, 9.17) is 16.6 Å². The molecule has 4 nitrogen and oxygen atoms in total. The SMILES string of the molecule is O=C(C=Cc1c(-c2ccccc2)nc2ccc(Cl)cn12)N1CCC(Cc2ccccc2)CC1. The summed E-state index contributed by atoms with van der Waals surface area (Å²) in [4.78, 5) is 19.7. The van der Waals surface area contributed by atoms with Gasteiger partial charge in [-0.3, -0.25) is 9.20 Å². The van der Waals surface area contributed by atoms with Gasteiger partial charge in [-0.15, -0.1) is 0 Å². The van der Waals surface area contributed by atoms with Crippen molar-refractivity contribution in [2.45, 2.75) is 19.3 Å². The number of fused-ring (bicyclic) bond motifs is 1. The summed E-state index contributed by atoms with van der Waals surface area (Å²) in [5.41, 5.74) is 4.87. The highest BCUT2D eigenvalue weighted by Crippen LogP contribution is 2.27. The maximum absolute atomic E-state index is 13.0. The van der Waals surface area contributed by atoms with E-state index in [9.17, 15) is 4.79 Å². The maximum Gasteiger partial charge on any atom is 0.246 e. The van der Waals surface area contributed by atoms with Gasteiger partial charge in [0, 0.05) is 30.9 Å². The van der Waals surface area contributed by atoms with Crippen LogP contribution in [0.1, 0.15) is 24.1 Å². The van der Waals surface area contributed by atoms with Crippen molar-refractivity contribution in [3.05, 3.63) is 101 Å².